The maximum absolute atomic E-state index is 12.3. The van der Waals surface area contributed by atoms with E-state index in [-0.39, 0.29) is 24.7 Å². The lowest BCUT2D eigenvalue weighted by Gasteiger charge is -2.36. The molecule has 4 rings (SSSR count). The Morgan fingerprint density at radius 3 is 2.93 bits per heavy atom. The van der Waals surface area contributed by atoms with Crippen molar-refractivity contribution in [1.29, 1.82) is 0 Å². The molecule has 1 saturated carbocycles. The molecule has 156 valence electrons. The number of rotatable bonds is 7. The summed E-state index contributed by atoms with van der Waals surface area (Å²) >= 11 is 0. The van der Waals surface area contributed by atoms with Crippen LogP contribution in [0.1, 0.15) is 58.1 Å². The minimum Gasteiger partial charge on any atom is -0.464 e. The van der Waals surface area contributed by atoms with Gasteiger partial charge < -0.3 is 14.0 Å². The highest BCUT2D eigenvalue weighted by atomic mass is 16.6. The molecule has 0 radical (unpaired) electrons. The Morgan fingerprint density at radius 2 is 2.10 bits per heavy atom. The highest BCUT2D eigenvalue weighted by Gasteiger charge is 2.32. The zero-order valence-corrected chi connectivity index (χ0v) is 17.7. The normalized spacial score (nSPS) is 25.7. The smallest absolute Gasteiger partial charge is 0.332 e. The Kier molecular flexibility index (Phi) is 6.04. The summed E-state index contributed by atoms with van der Waals surface area (Å²) in [7, 11) is 0. The Morgan fingerprint density at radius 1 is 1.28 bits per heavy atom. The summed E-state index contributed by atoms with van der Waals surface area (Å²) in [5.74, 6) is 1.52. The van der Waals surface area contributed by atoms with Gasteiger partial charge in [0, 0.05) is 12.0 Å². The Balaban J connectivity index is 1.28. The molecular weight excluding hydrogens is 364 g/mol. The van der Waals surface area contributed by atoms with Gasteiger partial charge in [0.05, 0.1) is 37.0 Å². The van der Waals surface area contributed by atoms with E-state index in [0.717, 1.165) is 18.5 Å². The third-order valence-corrected chi connectivity index (χ3v) is 6.63. The molecule has 0 amide bonds. The molecule has 5 nitrogen and oxygen atoms in total. The summed E-state index contributed by atoms with van der Waals surface area (Å²) in [5.41, 5.74) is 3.62. The van der Waals surface area contributed by atoms with Gasteiger partial charge in [-0.05, 0) is 36.2 Å². The molecular formula is C24H32N2O3. The molecule has 0 N–H and O–H groups in total. The third-order valence-electron chi connectivity index (χ3n) is 6.63. The van der Waals surface area contributed by atoms with Gasteiger partial charge in [0.2, 0.25) is 0 Å². The van der Waals surface area contributed by atoms with Crippen molar-refractivity contribution in [1.82, 2.24) is 9.55 Å². The highest BCUT2D eigenvalue weighted by Crippen LogP contribution is 2.40. The topological polar surface area (TPSA) is 53.4 Å². The van der Waals surface area contributed by atoms with Gasteiger partial charge in [0.1, 0.15) is 6.61 Å². The van der Waals surface area contributed by atoms with Crippen molar-refractivity contribution in [2.45, 2.75) is 58.6 Å². The summed E-state index contributed by atoms with van der Waals surface area (Å²) in [6.07, 6.45) is 8.15. The minimum atomic E-state index is -0.261. The zero-order valence-electron chi connectivity index (χ0n) is 17.7. The molecule has 5 heteroatoms. The molecule has 1 fully saturated rings. The largest absolute Gasteiger partial charge is 0.464 e. The molecule has 4 unspecified atom stereocenters. The van der Waals surface area contributed by atoms with E-state index in [1.165, 1.54) is 24.0 Å². The van der Waals surface area contributed by atoms with E-state index in [1.807, 2.05) is 18.6 Å². The highest BCUT2D eigenvalue weighted by molar-refractivity contribution is 5.71. The fourth-order valence-electron chi connectivity index (χ4n) is 5.03. The van der Waals surface area contributed by atoms with E-state index < -0.39 is 0 Å². The monoisotopic (exact) mass is 396 g/mol. The molecule has 2 aromatic rings. The van der Waals surface area contributed by atoms with Crippen LogP contribution in [0.25, 0.3) is 11.3 Å². The van der Waals surface area contributed by atoms with E-state index in [4.69, 9.17) is 9.47 Å². The van der Waals surface area contributed by atoms with Crippen molar-refractivity contribution in [2.24, 2.45) is 17.8 Å². The molecule has 2 heterocycles. The number of ether oxygens (including phenoxy) is 2. The maximum Gasteiger partial charge on any atom is 0.332 e. The van der Waals surface area contributed by atoms with E-state index in [9.17, 15) is 4.79 Å². The predicted molar refractivity (Wildman–Crippen MR) is 112 cm³/mol. The van der Waals surface area contributed by atoms with E-state index in [0.29, 0.717) is 24.4 Å². The Hall–Kier alpha value is -2.14. The van der Waals surface area contributed by atoms with Gasteiger partial charge in [0.25, 0.3) is 0 Å². The Bertz CT molecular complexity index is 844. The van der Waals surface area contributed by atoms with Crippen LogP contribution in [0, 0.1) is 17.8 Å². The molecule has 4 atom stereocenters. The molecule has 0 saturated heterocycles. The number of carbonyl (C=O) groups is 1. The van der Waals surface area contributed by atoms with Gasteiger partial charge in [0.15, 0.2) is 0 Å². The number of hydrogen-bond donors (Lipinski definition) is 0. The van der Waals surface area contributed by atoms with Crippen LogP contribution in [0.15, 0.2) is 36.8 Å². The molecule has 1 aliphatic carbocycles. The number of imidazole rings is 1. The molecule has 1 aromatic heterocycles. The van der Waals surface area contributed by atoms with Crippen LogP contribution in [-0.4, -0.2) is 34.8 Å². The number of nitrogens with zero attached hydrogens (tertiary/aromatic N) is 2. The van der Waals surface area contributed by atoms with Gasteiger partial charge >= 0.3 is 5.97 Å². The first-order valence-corrected chi connectivity index (χ1v) is 10.9. The first kappa shape index (κ1) is 20.1. The number of aromatic nitrogens is 2. The number of hydrogen-bond acceptors (Lipinski definition) is 4. The van der Waals surface area contributed by atoms with Crippen LogP contribution in [0.3, 0.4) is 0 Å². The molecule has 29 heavy (non-hydrogen) atoms. The van der Waals surface area contributed by atoms with Crippen LogP contribution >= 0.6 is 0 Å². The third kappa shape index (κ3) is 4.25. The van der Waals surface area contributed by atoms with Crippen molar-refractivity contribution in [3.05, 3.63) is 42.4 Å². The number of fused-ring (bicyclic) bond motifs is 3. The zero-order chi connectivity index (χ0) is 20.4. The second-order valence-corrected chi connectivity index (χ2v) is 8.97. The first-order chi connectivity index (χ1) is 14.0. The molecule has 2 aliphatic rings. The molecule has 0 bridgehead atoms. The SMILES string of the molecule is CC1CCC(C(C)C)C(OCC(=O)OCCC2c3ccccc3-c3cncn32)C1. The van der Waals surface area contributed by atoms with Crippen molar-refractivity contribution >= 4 is 5.97 Å². The van der Waals surface area contributed by atoms with Crippen LogP contribution < -0.4 is 0 Å². The fraction of sp³-hybridized carbons (Fsp3) is 0.583. The molecule has 0 spiro atoms. The average Bonchev–Trinajstić information content (AvgIpc) is 3.28. The van der Waals surface area contributed by atoms with Crippen molar-refractivity contribution in [3.8, 4) is 11.3 Å². The van der Waals surface area contributed by atoms with Crippen molar-refractivity contribution < 1.29 is 14.3 Å². The van der Waals surface area contributed by atoms with Gasteiger partial charge in [-0.25, -0.2) is 9.78 Å². The van der Waals surface area contributed by atoms with Crippen LogP contribution in [0.4, 0.5) is 0 Å². The van der Waals surface area contributed by atoms with Crippen molar-refractivity contribution in [3.63, 3.8) is 0 Å². The standard InChI is InChI=1S/C24H32N2O3/c1-16(2)18-9-8-17(3)12-23(18)29-14-24(27)28-11-10-21-19-6-4-5-7-20(19)22-13-25-15-26(21)22/h4-7,13,15-18,21,23H,8-12,14H2,1-3H3. The van der Waals surface area contributed by atoms with E-state index in [2.05, 4.69) is 48.5 Å². The lowest BCUT2D eigenvalue weighted by atomic mass is 9.75. The number of esters is 1. The van der Waals surface area contributed by atoms with Crippen LogP contribution in [0.2, 0.25) is 0 Å². The van der Waals surface area contributed by atoms with E-state index >= 15 is 0 Å². The second-order valence-electron chi connectivity index (χ2n) is 8.97. The minimum absolute atomic E-state index is 0.0538. The van der Waals surface area contributed by atoms with Gasteiger partial charge in [-0.2, -0.15) is 0 Å². The molecule has 1 aliphatic heterocycles. The average molecular weight is 397 g/mol. The summed E-state index contributed by atoms with van der Waals surface area (Å²) in [6, 6.07) is 8.55. The lowest BCUT2D eigenvalue weighted by molar-refractivity contribution is -0.154. The summed E-state index contributed by atoms with van der Waals surface area (Å²) in [4.78, 5) is 16.6. The summed E-state index contributed by atoms with van der Waals surface area (Å²) in [5, 5.41) is 0. The summed E-state index contributed by atoms with van der Waals surface area (Å²) < 4.78 is 13.7. The quantitative estimate of drug-likeness (QED) is 0.627. The summed E-state index contributed by atoms with van der Waals surface area (Å²) in [6.45, 7) is 7.21. The second kappa shape index (κ2) is 8.70. The maximum atomic E-state index is 12.3. The van der Waals surface area contributed by atoms with Gasteiger partial charge in [-0.1, -0.05) is 51.5 Å². The number of benzene rings is 1. The Labute approximate surface area is 173 Å². The van der Waals surface area contributed by atoms with E-state index in [1.54, 1.807) is 0 Å². The first-order valence-electron chi connectivity index (χ1n) is 10.9. The van der Waals surface area contributed by atoms with Crippen LogP contribution in [0.5, 0.6) is 0 Å². The fourth-order valence-corrected chi connectivity index (χ4v) is 5.03. The van der Waals surface area contributed by atoms with Crippen molar-refractivity contribution in [2.75, 3.05) is 13.2 Å². The molecule has 1 aromatic carbocycles. The predicted octanol–water partition coefficient (Wildman–Crippen LogP) is 4.86. The van der Waals surface area contributed by atoms with Crippen LogP contribution in [-0.2, 0) is 14.3 Å². The van der Waals surface area contributed by atoms with Gasteiger partial charge in [-0.15, -0.1) is 0 Å². The lowest BCUT2D eigenvalue weighted by Crippen LogP contribution is -2.35. The van der Waals surface area contributed by atoms with Gasteiger partial charge in [-0.3, -0.25) is 0 Å². The number of carbonyl (C=O) groups excluding carboxylic acids is 1.